The third kappa shape index (κ3) is 6.17. The van der Waals surface area contributed by atoms with E-state index in [2.05, 4.69) is 38.5 Å². The Kier molecular flexibility index (Phi) is 7.07. The Morgan fingerprint density at radius 3 is 2.40 bits per heavy atom. The van der Waals surface area contributed by atoms with Crippen molar-refractivity contribution in [1.82, 2.24) is 10.6 Å². The summed E-state index contributed by atoms with van der Waals surface area (Å²) in [6.45, 7) is 1.32. The molecule has 0 spiro atoms. The molecule has 20 heavy (non-hydrogen) atoms. The molecule has 0 saturated heterocycles. The van der Waals surface area contributed by atoms with E-state index in [1.54, 1.807) is 0 Å². The highest BCUT2D eigenvalue weighted by atomic mass is 127. The first-order valence-electron chi connectivity index (χ1n) is 5.36. The smallest absolute Gasteiger partial charge is 0.228 e. The van der Waals surface area contributed by atoms with Crippen molar-refractivity contribution in [2.45, 2.75) is 16.9 Å². The summed E-state index contributed by atoms with van der Waals surface area (Å²) in [5.41, 5.74) is 0.816. The van der Waals surface area contributed by atoms with Crippen LogP contribution in [0.15, 0.2) is 24.3 Å². The molecule has 9 heteroatoms. The highest BCUT2D eigenvalue weighted by molar-refractivity contribution is 14.1. The summed E-state index contributed by atoms with van der Waals surface area (Å²) in [5.74, 6) is -0.342. The van der Waals surface area contributed by atoms with Crippen LogP contribution < -0.4 is 16.0 Å². The van der Waals surface area contributed by atoms with E-state index < -0.39 is 9.96 Å². The van der Waals surface area contributed by atoms with Crippen LogP contribution in [0.4, 0.5) is 5.69 Å². The molecule has 1 rings (SSSR count). The van der Waals surface area contributed by atoms with Crippen LogP contribution in [-0.2, 0) is 4.79 Å². The summed E-state index contributed by atoms with van der Waals surface area (Å²) in [5, 5.41) is 8.44. The van der Waals surface area contributed by atoms with Gasteiger partial charge in [0.2, 0.25) is 9.70 Å². The second-order valence-electron chi connectivity index (χ2n) is 3.75. The first-order valence-corrected chi connectivity index (χ1v) is 7.98. The van der Waals surface area contributed by atoms with E-state index in [4.69, 9.17) is 47.0 Å². The van der Waals surface area contributed by atoms with E-state index >= 15 is 0 Å². The molecule has 1 amide bonds. The van der Waals surface area contributed by atoms with Crippen molar-refractivity contribution in [3.05, 3.63) is 27.8 Å². The standard InChI is InChI=1S/C11H11Cl3IN3OS/c1-6(19)16-9(11(12,13)14)18-10(20)17-8-5-3-2-4-7(8)15/h2-5,9H,1H3,(H,16,19)(H2,17,18,20)/t9-/m1/s1. The van der Waals surface area contributed by atoms with Gasteiger partial charge in [-0.25, -0.2) is 0 Å². The number of carbonyl (C=O) groups is 1. The van der Waals surface area contributed by atoms with Crippen molar-refractivity contribution in [1.29, 1.82) is 0 Å². The van der Waals surface area contributed by atoms with Crippen LogP contribution >= 0.6 is 69.6 Å². The van der Waals surface area contributed by atoms with Crippen molar-refractivity contribution in [2.75, 3.05) is 5.32 Å². The van der Waals surface area contributed by atoms with Crippen molar-refractivity contribution < 1.29 is 4.79 Å². The average molecular weight is 467 g/mol. The quantitative estimate of drug-likeness (QED) is 0.277. The fraction of sp³-hybridized carbons (Fsp3) is 0.273. The van der Waals surface area contributed by atoms with Crippen LogP contribution in [0.1, 0.15) is 6.92 Å². The monoisotopic (exact) mass is 465 g/mol. The van der Waals surface area contributed by atoms with Crippen molar-refractivity contribution in [2.24, 2.45) is 0 Å². The van der Waals surface area contributed by atoms with E-state index in [9.17, 15) is 4.79 Å². The van der Waals surface area contributed by atoms with Gasteiger partial charge in [0.05, 0.1) is 5.69 Å². The van der Waals surface area contributed by atoms with Gasteiger partial charge in [-0.15, -0.1) is 0 Å². The van der Waals surface area contributed by atoms with Crippen LogP contribution in [-0.4, -0.2) is 21.0 Å². The molecular formula is C11H11Cl3IN3OS. The molecule has 0 fully saturated rings. The summed E-state index contributed by atoms with van der Waals surface area (Å²) in [6, 6.07) is 7.56. The number of anilines is 1. The van der Waals surface area contributed by atoms with Gasteiger partial charge in [-0.2, -0.15) is 0 Å². The lowest BCUT2D eigenvalue weighted by Gasteiger charge is -2.27. The SMILES string of the molecule is CC(=O)N[C@H](NC(=S)Nc1ccccc1I)C(Cl)(Cl)Cl. The van der Waals surface area contributed by atoms with Crippen LogP contribution in [0, 0.1) is 3.57 Å². The first kappa shape index (κ1) is 18.0. The van der Waals surface area contributed by atoms with Crippen LogP contribution in [0.25, 0.3) is 0 Å². The number of carbonyl (C=O) groups excluding carboxylic acids is 1. The topological polar surface area (TPSA) is 53.2 Å². The molecule has 1 aromatic rings. The Bertz CT molecular complexity index is 510. The lowest BCUT2D eigenvalue weighted by atomic mass is 10.3. The van der Waals surface area contributed by atoms with Crippen LogP contribution in [0.2, 0.25) is 0 Å². The van der Waals surface area contributed by atoms with E-state index in [0.29, 0.717) is 0 Å². The zero-order chi connectivity index (χ0) is 15.3. The molecule has 1 atom stereocenters. The van der Waals surface area contributed by atoms with E-state index in [1.807, 2.05) is 24.3 Å². The molecule has 0 aliphatic rings. The molecule has 4 nitrogen and oxygen atoms in total. The van der Waals surface area contributed by atoms with E-state index in [0.717, 1.165) is 9.26 Å². The molecule has 0 radical (unpaired) electrons. The summed E-state index contributed by atoms with van der Waals surface area (Å²) >= 11 is 24.7. The number of halogens is 4. The number of nitrogens with one attached hydrogen (secondary N) is 3. The minimum absolute atomic E-state index is 0.235. The van der Waals surface area contributed by atoms with E-state index in [1.165, 1.54) is 6.92 Å². The summed E-state index contributed by atoms with van der Waals surface area (Å²) in [4.78, 5) is 11.1. The first-order chi connectivity index (χ1) is 9.20. The average Bonchev–Trinajstić information content (AvgIpc) is 2.29. The van der Waals surface area contributed by atoms with Gasteiger partial charge < -0.3 is 16.0 Å². The fourth-order valence-corrected chi connectivity index (χ4v) is 2.33. The Morgan fingerprint density at radius 1 is 1.30 bits per heavy atom. The second kappa shape index (κ2) is 7.84. The highest BCUT2D eigenvalue weighted by Gasteiger charge is 2.34. The Morgan fingerprint density at radius 2 is 1.90 bits per heavy atom. The van der Waals surface area contributed by atoms with E-state index in [-0.39, 0.29) is 11.0 Å². The minimum Gasteiger partial charge on any atom is -0.339 e. The number of benzene rings is 1. The zero-order valence-corrected chi connectivity index (χ0v) is 15.5. The van der Waals surface area contributed by atoms with Crippen molar-refractivity contribution in [3.63, 3.8) is 0 Å². The molecule has 0 saturated carbocycles. The molecule has 0 unspecified atom stereocenters. The molecule has 0 aliphatic heterocycles. The minimum atomic E-state index is -1.73. The van der Waals surface area contributed by atoms with Crippen LogP contribution in [0.5, 0.6) is 0 Å². The molecule has 0 bridgehead atoms. The molecule has 0 aromatic heterocycles. The Labute approximate surface area is 151 Å². The lowest BCUT2D eigenvalue weighted by molar-refractivity contribution is -0.119. The molecule has 110 valence electrons. The third-order valence-electron chi connectivity index (χ3n) is 2.07. The predicted octanol–water partition coefficient (Wildman–Crippen LogP) is 3.41. The zero-order valence-electron chi connectivity index (χ0n) is 10.2. The molecule has 3 N–H and O–H groups in total. The summed E-state index contributed by atoms with van der Waals surface area (Å²) in [6.07, 6.45) is -0.939. The maximum Gasteiger partial charge on any atom is 0.228 e. The van der Waals surface area contributed by atoms with Gasteiger partial charge in [-0.3, -0.25) is 4.79 Å². The number of hydrogen-bond acceptors (Lipinski definition) is 2. The molecule has 1 aromatic carbocycles. The molecular weight excluding hydrogens is 455 g/mol. The largest absolute Gasteiger partial charge is 0.339 e. The number of para-hydroxylation sites is 1. The second-order valence-corrected chi connectivity index (χ2v) is 7.69. The predicted molar refractivity (Wildman–Crippen MR) is 96.4 cm³/mol. The van der Waals surface area contributed by atoms with Gasteiger partial charge in [-0.05, 0) is 46.9 Å². The van der Waals surface area contributed by atoms with Crippen molar-refractivity contribution in [3.8, 4) is 0 Å². The number of rotatable bonds is 3. The highest BCUT2D eigenvalue weighted by Crippen LogP contribution is 2.29. The summed E-state index contributed by atoms with van der Waals surface area (Å²) in [7, 11) is 0. The van der Waals surface area contributed by atoms with Gasteiger partial charge in [0, 0.05) is 10.5 Å². The number of hydrogen-bond donors (Lipinski definition) is 3. The molecule has 0 heterocycles. The van der Waals surface area contributed by atoms with Gasteiger partial charge in [0.25, 0.3) is 0 Å². The Hall–Kier alpha value is -0.0200. The maximum atomic E-state index is 11.1. The lowest BCUT2D eigenvalue weighted by Crippen LogP contribution is -2.55. The number of alkyl halides is 3. The maximum absolute atomic E-state index is 11.1. The number of thiocarbonyl (C=S) groups is 1. The summed E-state index contributed by atoms with van der Waals surface area (Å²) < 4.78 is -0.749. The number of amides is 1. The Balaban J connectivity index is 2.72. The van der Waals surface area contributed by atoms with Gasteiger partial charge in [-0.1, -0.05) is 46.9 Å². The third-order valence-corrected chi connectivity index (χ3v) is 3.89. The normalized spacial score (nSPS) is 12.4. The van der Waals surface area contributed by atoms with Crippen LogP contribution in [0.3, 0.4) is 0 Å². The van der Waals surface area contributed by atoms with Gasteiger partial charge in [0.1, 0.15) is 6.17 Å². The molecule has 0 aliphatic carbocycles. The van der Waals surface area contributed by atoms with Gasteiger partial charge in [0.15, 0.2) is 5.11 Å². The van der Waals surface area contributed by atoms with Gasteiger partial charge >= 0.3 is 0 Å². The fourth-order valence-electron chi connectivity index (χ4n) is 1.26. The van der Waals surface area contributed by atoms with Crippen molar-refractivity contribution >= 4 is 86.3 Å².